The van der Waals surface area contributed by atoms with Gasteiger partial charge in [-0.2, -0.15) is 11.8 Å². The highest BCUT2D eigenvalue weighted by molar-refractivity contribution is 7.98. The fraction of sp³-hybridized carbons (Fsp3) is 1.00. The van der Waals surface area contributed by atoms with E-state index in [1.165, 1.54) is 50.7 Å². The molecular formula is C15H32N2S. The summed E-state index contributed by atoms with van der Waals surface area (Å²) in [6.45, 7) is 3.38. The molecule has 2 nitrogen and oxygen atoms in total. The van der Waals surface area contributed by atoms with Crippen LogP contribution >= 0.6 is 11.8 Å². The molecule has 1 aliphatic carbocycles. The Balaban J connectivity index is 2.18. The largest absolute Gasteiger partial charge is 0.327 e. The molecule has 0 heterocycles. The third-order valence-corrected chi connectivity index (χ3v) is 5.02. The van der Waals surface area contributed by atoms with E-state index in [-0.39, 0.29) is 0 Å². The van der Waals surface area contributed by atoms with Crippen LogP contribution in [0.1, 0.15) is 51.9 Å². The average Bonchev–Trinajstić information content (AvgIpc) is 2.36. The van der Waals surface area contributed by atoms with Crippen molar-refractivity contribution in [3.63, 3.8) is 0 Å². The van der Waals surface area contributed by atoms with Crippen LogP contribution in [0.3, 0.4) is 0 Å². The number of hydrogen-bond acceptors (Lipinski definition) is 3. The molecule has 0 aliphatic heterocycles. The summed E-state index contributed by atoms with van der Waals surface area (Å²) < 4.78 is 0. The quantitative estimate of drug-likeness (QED) is 0.734. The third kappa shape index (κ3) is 6.44. The zero-order chi connectivity index (χ0) is 13.4. The molecular weight excluding hydrogens is 240 g/mol. The first-order valence-electron chi connectivity index (χ1n) is 7.58. The summed E-state index contributed by atoms with van der Waals surface area (Å²) >= 11 is 1.94. The molecule has 0 saturated heterocycles. The summed E-state index contributed by atoms with van der Waals surface area (Å²) in [7, 11) is 2.23. The van der Waals surface area contributed by atoms with Crippen molar-refractivity contribution < 1.29 is 0 Å². The standard InChI is InChI=1S/C15H32N2S/c1-13(9-10-18-3)17(2)12-15(16)11-14-7-5-4-6-8-14/h13-15H,4-12,16H2,1-3H3. The van der Waals surface area contributed by atoms with Crippen LogP contribution in [0.5, 0.6) is 0 Å². The van der Waals surface area contributed by atoms with Crippen LogP contribution in [-0.4, -0.2) is 42.6 Å². The van der Waals surface area contributed by atoms with E-state index in [2.05, 4.69) is 25.1 Å². The molecule has 108 valence electrons. The summed E-state index contributed by atoms with van der Waals surface area (Å²) in [5.41, 5.74) is 6.33. The maximum atomic E-state index is 6.33. The Kier molecular flexibility index (Phi) is 8.36. The number of likely N-dealkylation sites (N-methyl/N-ethyl adjacent to an activating group) is 1. The van der Waals surface area contributed by atoms with Crippen LogP contribution in [0.4, 0.5) is 0 Å². The molecule has 1 aliphatic rings. The molecule has 1 saturated carbocycles. The third-order valence-electron chi connectivity index (χ3n) is 4.38. The van der Waals surface area contributed by atoms with Crippen molar-refractivity contribution in [1.82, 2.24) is 4.90 Å². The first-order valence-corrected chi connectivity index (χ1v) is 8.97. The predicted molar refractivity (Wildman–Crippen MR) is 84.3 cm³/mol. The molecule has 0 bridgehead atoms. The van der Waals surface area contributed by atoms with Crippen LogP contribution < -0.4 is 5.73 Å². The molecule has 0 radical (unpaired) electrons. The summed E-state index contributed by atoms with van der Waals surface area (Å²) in [6.07, 6.45) is 11.8. The van der Waals surface area contributed by atoms with Gasteiger partial charge >= 0.3 is 0 Å². The maximum Gasteiger partial charge on any atom is 0.0170 e. The number of hydrogen-bond donors (Lipinski definition) is 1. The Morgan fingerprint density at radius 2 is 1.94 bits per heavy atom. The Labute approximate surface area is 118 Å². The Hall–Kier alpha value is 0.270. The Morgan fingerprint density at radius 1 is 1.28 bits per heavy atom. The minimum absolute atomic E-state index is 0.370. The fourth-order valence-electron chi connectivity index (χ4n) is 2.98. The molecule has 0 aromatic carbocycles. The van der Waals surface area contributed by atoms with Crippen LogP contribution in [-0.2, 0) is 0 Å². The van der Waals surface area contributed by atoms with Crippen molar-refractivity contribution in [2.24, 2.45) is 11.7 Å². The highest BCUT2D eigenvalue weighted by atomic mass is 32.2. The monoisotopic (exact) mass is 272 g/mol. The molecule has 0 aromatic heterocycles. The lowest BCUT2D eigenvalue weighted by Gasteiger charge is -2.30. The van der Waals surface area contributed by atoms with Crippen molar-refractivity contribution in [3.8, 4) is 0 Å². The van der Waals surface area contributed by atoms with Gasteiger partial charge in [-0.1, -0.05) is 32.1 Å². The lowest BCUT2D eigenvalue weighted by molar-refractivity contribution is 0.216. The van der Waals surface area contributed by atoms with E-state index in [0.29, 0.717) is 12.1 Å². The average molecular weight is 273 g/mol. The number of nitrogens with two attached hydrogens (primary N) is 1. The van der Waals surface area contributed by atoms with Crippen LogP contribution in [0.25, 0.3) is 0 Å². The summed E-state index contributed by atoms with van der Waals surface area (Å²) in [5.74, 6) is 2.16. The minimum Gasteiger partial charge on any atom is -0.327 e. The van der Waals surface area contributed by atoms with E-state index in [9.17, 15) is 0 Å². The molecule has 18 heavy (non-hydrogen) atoms. The SMILES string of the molecule is CSCCC(C)N(C)CC(N)CC1CCCCC1. The topological polar surface area (TPSA) is 29.3 Å². The molecule has 1 rings (SSSR count). The summed E-state index contributed by atoms with van der Waals surface area (Å²) in [4.78, 5) is 2.45. The van der Waals surface area contributed by atoms with Crippen molar-refractivity contribution in [2.45, 2.75) is 64.0 Å². The van der Waals surface area contributed by atoms with Gasteiger partial charge in [-0.3, -0.25) is 0 Å². The van der Waals surface area contributed by atoms with Crippen LogP contribution in [0, 0.1) is 5.92 Å². The van der Waals surface area contributed by atoms with E-state index in [1.54, 1.807) is 0 Å². The first kappa shape index (κ1) is 16.3. The molecule has 1 fully saturated rings. The van der Waals surface area contributed by atoms with E-state index in [1.807, 2.05) is 11.8 Å². The van der Waals surface area contributed by atoms with Crippen molar-refractivity contribution in [3.05, 3.63) is 0 Å². The lowest BCUT2D eigenvalue weighted by atomic mass is 9.85. The highest BCUT2D eigenvalue weighted by Gasteiger charge is 2.19. The number of thioether (sulfide) groups is 1. The van der Waals surface area contributed by atoms with Gasteiger partial charge in [-0.25, -0.2) is 0 Å². The first-order chi connectivity index (χ1) is 8.63. The lowest BCUT2D eigenvalue weighted by Crippen LogP contribution is -2.41. The van der Waals surface area contributed by atoms with Gasteiger partial charge in [0.2, 0.25) is 0 Å². The number of rotatable bonds is 8. The van der Waals surface area contributed by atoms with Crippen LogP contribution in [0.2, 0.25) is 0 Å². The second kappa shape index (κ2) is 9.22. The molecule has 2 unspecified atom stereocenters. The van der Waals surface area contributed by atoms with Gasteiger partial charge < -0.3 is 10.6 Å². The predicted octanol–water partition coefficient (Wildman–Crippen LogP) is 3.36. The normalized spacial score (nSPS) is 21.2. The molecule has 0 amide bonds. The van der Waals surface area contributed by atoms with E-state index in [4.69, 9.17) is 5.73 Å². The van der Waals surface area contributed by atoms with E-state index >= 15 is 0 Å². The Morgan fingerprint density at radius 3 is 2.56 bits per heavy atom. The second-order valence-electron chi connectivity index (χ2n) is 6.07. The van der Waals surface area contributed by atoms with Gasteiger partial charge in [0.1, 0.15) is 0 Å². The van der Waals surface area contributed by atoms with E-state index < -0.39 is 0 Å². The summed E-state index contributed by atoms with van der Waals surface area (Å²) in [5, 5.41) is 0. The maximum absolute atomic E-state index is 6.33. The highest BCUT2D eigenvalue weighted by Crippen LogP contribution is 2.27. The molecule has 0 spiro atoms. The zero-order valence-corrected chi connectivity index (χ0v) is 13.3. The van der Waals surface area contributed by atoms with E-state index in [0.717, 1.165) is 12.5 Å². The van der Waals surface area contributed by atoms with Gasteiger partial charge in [-0.15, -0.1) is 0 Å². The van der Waals surface area contributed by atoms with Crippen LogP contribution in [0.15, 0.2) is 0 Å². The summed E-state index contributed by atoms with van der Waals surface area (Å²) in [6, 6.07) is 1.03. The number of nitrogens with zero attached hydrogens (tertiary/aromatic N) is 1. The van der Waals surface area contributed by atoms with Crippen molar-refractivity contribution >= 4 is 11.8 Å². The molecule has 0 aromatic rings. The Bertz CT molecular complexity index is 205. The smallest absolute Gasteiger partial charge is 0.0170 e. The van der Waals surface area contributed by atoms with Gasteiger partial charge in [0.05, 0.1) is 0 Å². The van der Waals surface area contributed by atoms with Crippen molar-refractivity contribution in [1.29, 1.82) is 0 Å². The molecule has 3 heteroatoms. The van der Waals surface area contributed by atoms with Gasteiger partial charge in [-0.05, 0) is 44.7 Å². The zero-order valence-electron chi connectivity index (χ0n) is 12.5. The second-order valence-corrected chi connectivity index (χ2v) is 7.06. The van der Waals surface area contributed by atoms with Gasteiger partial charge in [0.25, 0.3) is 0 Å². The van der Waals surface area contributed by atoms with Gasteiger partial charge in [0, 0.05) is 18.6 Å². The minimum atomic E-state index is 0.370. The van der Waals surface area contributed by atoms with Gasteiger partial charge in [0.15, 0.2) is 0 Å². The fourth-order valence-corrected chi connectivity index (χ4v) is 3.56. The molecule has 2 N–H and O–H groups in total. The molecule has 2 atom stereocenters. The van der Waals surface area contributed by atoms with Crippen molar-refractivity contribution in [2.75, 3.05) is 25.6 Å².